The molecule has 0 radical (unpaired) electrons. The van der Waals surface area contributed by atoms with Crippen LogP contribution in [0.25, 0.3) is 21.9 Å². The number of benzene rings is 3. The van der Waals surface area contributed by atoms with Crippen molar-refractivity contribution in [2.75, 3.05) is 24.8 Å². The number of aryl methyl sites for hydroxylation is 1. The van der Waals surface area contributed by atoms with Crippen molar-refractivity contribution in [3.05, 3.63) is 83.6 Å². The molecule has 0 bridgehead atoms. The maximum absolute atomic E-state index is 13.5. The highest BCUT2D eigenvalue weighted by Crippen LogP contribution is 2.34. The van der Waals surface area contributed by atoms with Crippen LogP contribution >= 0.6 is 0 Å². The maximum Gasteiger partial charge on any atom is 0.296 e. The smallest absolute Gasteiger partial charge is 0.296 e. The molecule has 1 aromatic heterocycles. The standard InChI is InChI=1S/C32H34N4O4/c1-32(2,3)15-14-19-16-25(30(33)38)29(40-5)26(17-19)36-31(39)28(37)24-12-11-21(22-8-6-7-9-23(22)24)20-10-13-27(34-4)35-18-20/h6-13,16-18H,14-15H2,1-5H3,(H2,33,38)(H,34,35)(H,36,39). The van der Waals surface area contributed by atoms with Crippen molar-refractivity contribution in [2.24, 2.45) is 11.1 Å². The summed E-state index contributed by atoms with van der Waals surface area (Å²) in [6.07, 6.45) is 3.26. The highest BCUT2D eigenvalue weighted by Gasteiger charge is 2.24. The molecule has 0 aliphatic carbocycles. The van der Waals surface area contributed by atoms with E-state index in [1.165, 1.54) is 7.11 Å². The fourth-order valence-corrected chi connectivity index (χ4v) is 4.60. The van der Waals surface area contributed by atoms with Crippen LogP contribution in [0.3, 0.4) is 0 Å². The van der Waals surface area contributed by atoms with Gasteiger partial charge in [-0.05, 0) is 70.5 Å². The first-order valence-corrected chi connectivity index (χ1v) is 13.0. The molecular formula is C32H34N4O4. The summed E-state index contributed by atoms with van der Waals surface area (Å²) in [5, 5.41) is 7.13. The van der Waals surface area contributed by atoms with Crippen molar-refractivity contribution in [1.82, 2.24) is 4.98 Å². The van der Waals surface area contributed by atoms with Gasteiger partial charge in [0.25, 0.3) is 17.6 Å². The number of ketones is 1. The molecule has 4 aromatic rings. The lowest BCUT2D eigenvalue weighted by atomic mass is 9.88. The number of pyridine rings is 1. The third kappa shape index (κ3) is 6.12. The topological polar surface area (TPSA) is 123 Å². The third-order valence-electron chi connectivity index (χ3n) is 6.74. The van der Waals surface area contributed by atoms with Gasteiger partial charge in [0.15, 0.2) is 5.75 Å². The largest absolute Gasteiger partial charge is 0.494 e. The van der Waals surface area contributed by atoms with Crippen LogP contribution in [0.2, 0.25) is 0 Å². The van der Waals surface area contributed by atoms with Crippen molar-refractivity contribution < 1.29 is 19.1 Å². The van der Waals surface area contributed by atoms with E-state index in [-0.39, 0.29) is 28.0 Å². The number of nitrogens with one attached hydrogen (secondary N) is 2. The number of ether oxygens (including phenoxy) is 1. The number of rotatable bonds is 9. The normalized spacial score (nSPS) is 11.2. The highest BCUT2D eigenvalue weighted by atomic mass is 16.5. The number of amides is 2. The van der Waals surface area contributed by atoms with E-state index in [1.54, 1.807) is 31.4 Å². The molecule has 0 saturated carbocycles. The Morgan fingerprint density at radius 1 is 0.950 bits per heavy atom. The Balaban J connectivity index is 1.70. The number of hydrogen-bond donors (Lipinski definition) is 3. The monoisotopic (exact) mass is 538 g/mol. The summed E-state index contributed by atoms with van der Waals surface area (Å²) < 4.78 is 5.44. The van der Waals surface area contributed by atoms with E-state index in [0.717, 1.165) is 34.3 Å². The van der Waals surface area contributed by atoms with Crippen LogP contribution in [0, 0.1) is 5.41 Å². The zero-order valence-electron chi connectivity index (χ0n) is 23.4. The first-order chi connectivity index (χ1) is 19.0. The molecule has 0 spiro atoms. The number of hydrogen-bond acceptors (Lipinski definition) is 6. The van der Waals surface area contributed by atoms with E-state index in [0.29, 0.717) is 11.8 Å². The Morgan fingerprint density at radius 3 is 2.27 bits per heavy atom. The van der Waals surface area contributed by atoms with Gasteiger partial charge in [0.1, 0.15) is 5.82 Å². The van der Waals surface area contributed by atoms with Crippen LogP contribution in [0.1, 0.15) is 53.5 Å². The van der Waals surface area contributed by atoms with Crippen LogP contribution < -0.4 is 21.1 Å². The zero-order chi connectivity index (χ0) is 29.0. The number of carbonyl (C=O) groups excluding carboxylic acids is 3. The average Bonchev–Trinajstić information content (AvgIpc) is 2.94. The van der Waals surface area contributed by atoms with Crippen LogP contribution in [-0.4, -0.2) is 36.7 Å². The van der Waals surface area contributed by atoms with Crippen LogP contribution in [0.5, 0.6) is 5.75 Å². The van der Waals surface area contributed by atoms with Gasteiger partial charge in [0, 0.05) is 24.4 Å². The fourth-order valence-electron chi connectivity index (χ4n) is 4.60. The van der Waals surface area contributed by atoms with E-state index >= 15 is 0 Å². The molecule has 8 heteroatoms. The van der Waals surface area contributed by atoms with Gasteiger partial charge in [0.2, 0.25) is 0 Å². The van der Waals surface area contributed by atoms with Crippen molar-refractivity contribution in [3.63, 3.8) is 0 Å². The van der Waals surface area contributed by atoms with E-state index < -0.39 is 17.6 Å². The molecule has 0 atom stereocenters. The van der Waals surface area contributed by atoms with Gasteiger partial charge in [-0.25, -0.2) is 4.98 Å². The van der Waals surface area contributed by atoms with Crippen molar-refractivity contribution >= 4 is 39.9 Å². The van der Waals surface area contributed by atoms with Crippen molar-refractivity contribution in [2.45, 2.75) is 33.6 Å². The van der Waals surface area contributed by atoms with Gasteiger partial charge in [0.05, 0.1) is 18.4 Å². The Bertz CT molecular complexity index is 1590. The molecule has 0 saturated heterocycles. The van der Waals surface area contributed by atoms with Gasteiger partial charge >= 0.3 is 0 Å². The van der Waals surface area contributed by atoms with E-state index in [9.17, 15) is 14.4 Å². The first-order valence-electron chi connectivity index (χ1n) is 13.0. The third-order valence-corrected chi connectivity index (χ3v) is 6.74. The molecule has 4 rings (SSSR count). The second-order valence-corrected chi connectivity index (χ2v) is 10.8. The zero-order valence-corrected chi connectivity index (χ0v) is 23.4. The molecule has 4 N–H and O–H groups in total. The fraction of sp³-hybridized carbons (Fsp3) is 0.250. The molecular weight excluding hydrogens is 504 g/mol. The molecule has 2 amide bonds. The number of fused-ring (bicyclic) bond motifs is 1. The summed E-state index contributed by atoms with van der Waals surface area (Å²) in [4.78, 5) is 43.4. The minimum Gasteiger partial charge on any atom is -0.494 e. The molecule has 3 aromatic carbocycles. The molecule has 0 aliphatic rings. The highest BCUT2D eigenvalue weighted by molar-refractivity contribution is 6.48. The Hall–Kier alpha value is -4.72. The lowest BCUT2D eigenvalue weighted by Crippen LogP contribution is -2.24. The molecule has 40 heavy (non-hydrogen) atoms. The van der Waals surface area contributed by atoms with Crippen molar-refractivity contribution in [3.8, 4) is 16.9 Å². The van der Waals surface area contributed by atoms with E-state index in [2.05, 4.69) is 36.4 Å². The molecule has 8 nitrogen and oxygen atoms in total. The Kier molecular flexibility index (Phi) is 8.18. The summed E-state index contributed by atoms with van der Waals surface area (Å²) in [7, 11) is 3.19. The predicted octanol–water partition coefficient (Wildman–Crippen LogP) is 5.85. The summed E-state index contributed by atoms with van der Waals surface area (Å²) in [5.74, 6) is -1.39. The second-order valence-electron chi connectivity index (χ2n) is 10.8. The number of nitrogens with zero attached hydrogens (tertiary/aromatic N) is 1. The quantitative estimate of drug-likeness (QED) is 0.181. The molecule has 206 valence electrons. The molecule has 0 aliphatic heterocycles. The van der Waals surface area contributed by atoms with Crippen LogP contribution in [0.4, 0.5) is 11.5 Å². The van der Waals surface area contributed by atoms with Gasteiger partial charge in [-0.15, -0.1) is 0 Å². The molecule has 1 heterocycles. The minimum atomic E-state index is -0.848. The number of Topliss-reactive ketones (excluding diaryl/α,β-unsaturated/α-hetero) is 1. The van der Waals surface area contributed by atoms with Crippen LogP contribution in [0.15, 0.2) is 66.9 Å². The van der Waals surface area contributed by atoms with E-state index in [1.807, 2.05) is 42.5 Å². The number of nitrogens with two attached hydrogens (primary N) is 1. The average molecular weight is 539 g/mol. The molecule has 0 unspecified atom stereocenters. The first kappa shape index (κ1) is 28.3. The maximum atomic E-state index is 13.5. The van der Waals surface area contributed by atoms with E-state index in [4.69, 9.17) is 10.5 Å². The SMILES string of the molecule is CNc1ccc(-c2ccc(C(=O)C(=O)Nc3cc(CCC(C)(C)C)cc(C(N)=O)c3OC)c3ccccc23)cn1. The van der Waals surface area contributed by atoms with Crippen LogP contribution in [-0.2, 0) is 11.2 Å². The Morgan fingerprint density at radius 2 is 1.68 bits per heavy atom. The second kappa shape index (κ2) is 11.6. The summed E-state index contributed by atoms with van der Waals surface area (Å²) in [6, 6.07) is 18.1. The minimum absolute atomic E-state index is 0.0599. The summed E-state index contributed by atoms with van der Waals surface area (Å²) in [5.41, 5.74) is 8.89. The van der Waals surface area contributed by atoms with Gasteiger partial charge in [-0.2, -0.15) is 0 Å². The summed E-state index contributed by atoms with van der Waals surface area (Å²) >= 11 is 0. The van der Waals surface area contributed by atoms with Crippen molar-refractivity contribution in [1.29, 1.82) is 0 Å². The van der Waals surface area contributed by atoms with Gasteiger partial charge < -0.3 is 21.1 Å². The number of primary amides is 1. The lowest BCUT2D eigenvalue weighted by molar-refractivity contribution is -0.112. The summed E-state index contributed by atoms with van der Waals surface area (Å²) in [6.45, 7) is 6.36. The lowest BCUT2D eigenvalue weighted by Gasteiger charge is -2.19. The molecule has 0 fully saturated rings. The number of methoxy groups -OCH3 is 1. The van der Waals surface area contributed by atoms with Gasteiger partial charge in [-0.1, -0.05) is 51.1 Å². The predicted molar refractivity (Wildman–Crippen MR) is 159 cm³/mol. The number of aromatic nitrogens is 1. The van der Waals surface area contributed by atoms with Gasteiger partial charge in [-0.3, -0.25) is 14.4 Å². The Labute approximate surface area is 233 Å². The number of anilines is 2. The number of carbonyl (C=O) groups is 3.